The first-order valence-electron chi connectivity index (χ1n) is 9.33. The molecule has 2 aromatic carbocycles. The molecule has 4 rings (SSSR count). The van der Waals surface area contributed by atoms with E-state index in [-0.39, 0.29) is 43.6 Å². The lowest BCUT2D eigenvalue weighted by Gasteiger charge is -2.34. The Morgan fingerprint density at radius 1 is 1.00 bits per heavy atom. The van der Waals surface area contributed by atoms with Crippen LogP contribution in [0.2, 0.25) is 0 Å². The van der Waals surface area contributed by atoms with Crippen molar-refractivity contribution in [2.75, 3.05) is 32.8 Å². The average molecular weight is 429 g/mol. The van der Waals surface area contributed by atoms with Crippen molar-refractivity contribution in [2.45, 2.75) is 4.90 Å². The minimum absolute atomic E-state index is 0.0604. The highest BCUT2D eigenvalue weighted by molar-refractivity contribution is 7.89. The second kappa shape index (κ2) is 7.88. The van der Waals surface area contributed by atoms with Crippen molar-refractivity contribution in [3.63, 3.8) is 0 Å². The summed E-state index contributed by atoms with van der Waals surface area (Å²) in [6, 6.07) is 12.7. The maximum atomic E-state index is 12.9. The van der Waals surface area contributed by atoms with Crippen LogP contribution in [0.1, 0.15) is 5.56 Å². The van der Waals surface area contributed by atoms with Crippen LogP contribution < -0.4 is 4.74 Å². The molecule has 1 fully saturated rings. The standard InChI is InChI=1S/C20H19N3O6S/c24-20(16-13-15-5-1-3-7-18(15)29-14-16)21-9-11-22(12-10-21)30(27,28)19-8-4-2-6-17(19)23(25)26/h1-8,13H,9-12,14H2. The Labute approximate surface area is 173 Å². The summed E-state index contributed by atoms with van der Waals surface area (Å²) in [4.78, 5) is 24.6. The van der Waals surface area contributed by atoms with Crippen molar-refractivity contribution in [2.24, 2.45) is 0 Å². The number of piperazine rings is 1. The molecular weight excluding hydrogens is 410 g/mol. The predicted molar refractivity (Wildman–Crippen MR) is 108 cm³/mol. The second-order valence-corrected chi connectivity index (χ2v) is 8.82. The van der Waals surface area contributed by atoms with Gasteiger partial charge < -0.3 is 9.64 Å². The van der Waals surface area contributed by atoms with E-state index in [0.29, 0.717) is 5.57 Å². The number of sulfonamides is 1. The molecule has 0 radical (unpaired) electrons. The van der Waals surface area contributed by atoms with E-state index in [1.54, 1.807) is 11.0 Å². The van der Waals surface area contributed by atoms with Gasteiger partial charge in [-0.1, -0.05) is 30.3 Å². The average Bonchev–Trinajstić information content (AvgIpc) is 2.78. The molecule has 0 N–H and O–H groups in total. The topological polar surface area (TPSA) is 110 Å². The Morgan fingerprint density at radius 3 is 2.40 bits per heavy atom. The van der Waals surface area contributed by atoms with Gasteiger partial charge in [0.2, 0.25) is 10.0 Å². The van der Waals surface area contributed by atoms with Crippen LogP contribution in [0.5, 0.6) is 5.75 Å². The zero-order chi connectivity index (χ0) is 21.3. The molecule has 1 amide bonds. The largest absolute Gasteiger partial charge is 0.488 e. The first-order chi connectivity index (χ1) is 14.4. The van der Waals surface area contributed by atoms with E-state index in [4.69, 9.17) is 4.74 Å². The van der Waals surface area contributed by atoms with Crippen LogP contribution in [0.4, 0.5) is 5.69 Å². The molecule has 0 bridgehead atoms. The Bertz CT molecular complexity index is 1140. The molecule has 0 unspecified atom stereocenters. The number of amides is 1. The molecule has 1 saturated heterocycles. The first-order valence-corrected chi connectivity index (χ1v) is 10.8. The SMILES string of the molecule is O=C(C1=Cc2ccccc2OC1)N1CCN(S(=O)(=O)c2ccccc2[N+](=O)[O-])CC1. The fourth-order valence-electron chi connectivity index (χ4n) is 3.54. The molecule has 30 heavy (non-hydrogen) atoms. The molecule has 156 valence electrons. The zero-order valence-corrected chi connectivity index (χ0v) is 16.7. The van der Waals surface area contributed by atoms with Gasteiger partial charge in [-0.15, -0.1) is 0 Å². The van der Waals surface area contributed by atoms with E-state index in [0.717, 1.165) is 11.3 Å². The van der Waals surface area contributed by atoms with E-state index in [1.165, 1.54) is 28.6 Å². The van der Waals surface area contributed by atoms with Gasteiger partial charge in [0.25, 0.3) is 11.6 Å². The molecule has 2 aliphatic heterocycles. The molecule has 0 spiro atoms. The summed E-state index contributed by atoms with van der Waals surface area (Å²) in [5.74, 6) is 0.515. The number of carbonyl (C=O) groups is 1. The highest BCUT2D eigenvalue weighted by atomic mass is 32.2. The Morgan fingerprint density at radius 2 is 1.67 bits per heavy atom. The third-order valence-electron chi connectivity index (χ3n) is 5.11. The zero-order valence-electron chi connectivity index (χ0n) is 15.9. The number of hydrogen-bond acceptors (Lipinski definition) is 6. The molecule has 9 nitrogen and oxygen atoms in total. The number of para-hydroxylation sites is 2. The van der Waals surface area contributed by atoms with E-state index < -0.39 is 20.6 Å². The van der Waals surface area contributed by atoms with Crippen molar-refractivity contribution in [1.82, 2.24) is 9.21 Å². The molecule has 0 saturated carbocycles. The summed E-state index contributed by atoms with van der Waals surface area (Å²) in [7, 11) is -4.04. The molecule has 0 aliphatic carbocycles. The van der Waals surface area contributed by atoms with Gasteiger partial charge in [0, 0.05) is 37.8 Å². The van der Waals surface area contributed by atoms with Crippen molar-refractivity contribution < 1.29 is 22.9 Å². The van der Waals surface area contributed by atoms with Gasteiger partial charge in [0.1, 0.15) is 12.4 Å². The number of rotatable bonds is 4. The number of ether oxygens (including phenoxy) is 1. The van der Waals surface area contributed by atoms with Crippen molar-refractivity contribution in [3.05, 3.63) is 69.8 Å². The highest BCUT2D eigenvalue weighted by Crippen LogP contribution is 2.29. The predicted octanol–water partition coefficient (Wildman–Crippen LogP) is 1.90. The van der Waals surface area contributed by atoms with E-state index in [1.807, 2.05) is 24.3 Å². The molecule has 2 aliphatic rings. The van der Waals surface area contributed by atoms with Crippen molar-refractivity contribution in [3.8, 4) is 5.75 Å². The van der Waals surface area contributed by atoms with E-state index in [2.05, 4.69) is 0 Å². The molecule has 0 atom stereocenters. The highest BCUT2D eigenvalue weighted by Gasteiger charge is 2.35. The summed E-state index contributed by atoms with van der Waals surface area (Å²) in [5, 5.41) is 11.2. The number of hydrogen-bond donors (Lipinski definition) is 0. The number of nitrogens with zero attached hydrogens (tertiary/aromatic N) is 3. The lowest BCUT2D eigenvalue weighted by molar-refractivity contribution is -0.387. The maximum absolute atomic E-state index is 12.9. The van der Waals surface area contributed by atoms with Crippen LogP contribution in [0.25, 0.3) is 6.08 Å². The molecule has 0 aromatic heterocycles. The molecule has 2 heterocycles. The van der Waals surface area contributed by atoms with Gasteiger partial charge in [-0.25, -0.2) is 8.42 Å². The first kappa shape index (κ1) is 20.0. The van der Waals surface area contributed by atoms with Crippen LogP contribution in [0.3, 0.4) is 0 Å². The van der Waals surface area contributed by atoms with Gasteiger partial charge in [0.05, 0.1) is 10.5 Å². The molecular formula is C20H19N3O6S. The van der Waals surface area contributed by atoms with Gasteiger partial charge in [-0.2, -0.15) is 4.31 Å². The number of carbonyl (C=O) groups excluding carboxylic acids is 1. The number of nitro benzene ring substituents is 1. The van der Waals surface area contributed by atoms with Crippen LogP contribution >= 0.6 is 0 Å². The summed E-state index contributed by atoms with van der Waals surface area (Å²) in [5.41, 5.74) is 0.868. The number of fused-ring (bicyclic) bond motifs is 1. The summed E-state index contributed by atoms with van der Waals surface area (Å²) >= 11 is 0. The van der Waals surface area contributed by atoms with E-state index in [9.17, 15) is 23.3 Å². The van der Waals surface area contributed by atoms with Crippen LogP contribution in [-0.4, -0.2) is 61.2 Å². The van der Waals surface area contributed by atoms with Gasteiger partial charge in [-0.05, 0) is 18.2 Å². The minimum atomic E-state index is -4.04. The maximum Gasteiger partial charge on any atom is 0.289 e. The lowest BCUT2D eigenvalue weighted by Crippen LogP contribution is -2.51. The Kier molecular flexibility index (Phi) is 5.27. The summed E-state index contributed by atoms with van der Waals surface area (Å²) < 4.78 is 32.6. The van der Waals surface area contributed by atoms with Crippen molar-refractivity contribution >= 4 is 27.7 Å². The molecule has 10 heteroatoms. The van der Waals surface area contributed by atoms with Gasteiger partial charge in [0.15, 0.2) is 4.90 Å². The van der Waals surface area contributed by atoms with Crippen molar-refractivity contribution in [1.29, 1.82) is 0 Å². The van der Waals surface area contributed by atoms with Gasteiger partial charge >= 0.3 is 0 Å². The number of nitro groups is 1. The third-order valence-corrected chi connectivity index (χ3v) is 7.06. The van der Waals surface area contributed by atoms with E-state index >= 15 is 0 Å². The van der Waals surface area contributed by atoms with Gasteiger partial charge in [-0.3, -0.25) is 14.9 Å². The summed E-state index contributed by atoms with van der Waals surface area (Å²) in [6.45, 7) is 0.662. The van der Waals surface area contributed by atoms with Crippen LogP contribution in [0, 0.1) is 10.1 Å². The fraction of sp³-hybridized carbons (Fsp3) is 0.250. The smallest absolute Gasteiger partial charge is 0.289 e. The molecule has 2 aromatic rings. The van der Waals surface area contributed by atoms with Crippen LogP contribution in [0.15, 0.2) is 59.0 Å². The summed E-state index contributed by atoms with van der Waals surface area (Å²) in [6.07, 6.45) is 1.79. The minimum Gasteiger partial charge on any atom is -0.488 e. The monoisotopic (exact) mass is 429 g/mol. The fourth-order valence-corrected chi connectivity index (χ4v) is 5.12. The number of benzene rings is 2. The third kappa shape index (κ3) is 3.66. The Balaban J connectivity index is 1.47. The van der Waals surface area contributed by atoms with Crippen LogP contribution in [-0.2, 0) is 14.8 Å². The normalized spacial score (nSPS) is 16.9. The quantitative estimate of drug-likeness (QED) is 0.542. The second-order valence-electron chi connectivity index (χ2n) is 6.92. The Hall–Kier alpha value is -3.24. The lowest BCUT2D eigenvalue weighted by atomic mass is 10.1.